The maximum Gasteiger partial charge on any atom is 0.192 e. The van der Waals surface area contributed by atoms with Crippen molar-refractivity contribution in [2.24, 2.45) is 5.73 Å². The topological polar surface area (TPSA) is 59.8 Å². The van der Waals surface area contributed by atoms with E-state index in [0.29, 0.717) is 25.3 Å². The third-order valence-corrected chi connectivity index (χ3v) is 5.36. The number of rotatable bonds is 6. The zero-order chi connectivity index (χ0) is 17.0. The van der Waals surface area contributed by atoms with Gasteiger partial charge in [0, 0.05) is 36.4 Å². The zero-order valence-electron chi connectivity index (χ0n) is 15.0. The quantitative estimate of drug-likeness (QED) is 0.838. The van der Waals surface area contributed by atoms with Crippen molar-refractivity contribution in [2.45, 2.75) is 51.0 Å². The lowest BCUT2D eigenvalue weighted by molar-refractivity contribution is -0.149. The fourth-order valence-corrected chi connectivity index (χ4v) is 3.69. The summed E-state index contributed by atoms with van der Waals surface area (Å²) in [7, 11) is 0. The predicted molar refractivity (Wildman–Crippen MR) is 97.0 cm³/mol. The first-order chi connectivity index (χ1) is 11.6. The molecule has 2 heterocycles. The van der Waals surface area contributed by atoms with E-state index in [1.54, 1.807) is 0 Å². The van der Waals surface area contributed by atoms with Gasteiger partial charge in [-0.2, -0.15) is 0 Å². The smallest absolute Gasteiger partial charge is 0.192 e. The first-order valence-corrected chi connectivity index (χ1v) is 9.20. The van der Waals surface area contributed by atoms with Crippen LogP contribution in [0, 0.1) is 0 Å². The molecule has 0 radical (unpaired) electrons. The van der Waals surface area contributed by atoms with Crippen molar-refractivity contribution in [2.75, 3.05) is 38.2 Å². The van der Waals surface area contributed by atoms with Crippen LogP contribution in [0.5, 0.6) is 0 Å². The number of nitrogens with one attached hydrogen (secondary N) is 1. The van der Waals surface area contributed by atoms with Gasteiger partial charge in [-0.1, -0.05) is 12.1 Å². The monoisotopic (exact) mass is 333 g/mol. The minimum Gasteiger partial charge on any atom is -0.382 e. The van der Waals surface area contributed by atoms with E-state index in [4.69, 9.17) is 15.2 Å². The Balaban J connectivity index is 1.50. The Morgan fingerprint density at radius 1 is 1.21 bits per heavy atom. The van der Waals surface area contributed by atoms with Gasteiger partial charge in [0.05, 0.1) is 13.2 Å². The van der Waals surface area contributed by atoms with E-state index in [1.807, 2.05) is 6.92 Å². The van der Waals surface area contributed by atoms with Crippen molar-refractivity contribution in [1.82, 2.24) is 4.90 Å². The number of ether oxygens (including phenoxy) is 2. The number of nitrogens with zero attached hydrogens (tertiary/aromatic N) is 1. The largest absolute Gasteiger partial charge is 0.382 e. The lowest BCUT2D eigenvalue weighted by Gasteiger charge is -2.36. The third-order valence-electron chi connectivity index (χ3n) is 5.36. The first-order valence-electron chi connectivity index (χ1n) is 9.20. The highest BCUT2D eigenvalue weighted by molar-refractivity contribution is 5.46. The molecule has 0 aliphatic carbocycles. The molecule has 0 amide bonds. The van der Waals surface area contributed by atoms with E-state index >= 15 is 0 Å². The van der Waals surface area contributed by atoms with Crippen LogP contribution >= 0.6 is 0 Å². The van der Waals surface area contributed by atoms with Gasteiger partial charge in [0.2, 0.25) is 0 Å². The van der Waals surface area contributed by atoms with Crippen molar-refractivity contribution in [3.8, 4) is 0 Å². The maximum absolute atomic E-state index is 5.71. The highest BCUT2D eigenvalue weighted by atomic mass is 16.7. The van der Waals surface area contributed by atoms with Crippen molar-refractivity contribution >= 4 is 5.69 Å². The Bertz CT molecular complexity index is 506. The lowest BCUT2D eigenvalue weighted by atomic mass is 10.0. The van der Waals surface area contributed by atoms with E-state index in [1.165, 1.54) is 18.5 Å². The molecule has 5 heteroatoms. The molecular weight excluding hydrogens is 302 g/mol. The van der Waals surface area contributed by atoms with Crippen molar-refractivity contribution in [3.05, 3.63) is 29.8 Å². The fourth-order valence-electron chi connectivity index (χ4n) is 3.69. The van der Waals surface area contributed by atoms with Crippen LogP contribution < -0.4 is 11.1 Å². The number of anilines is 1. The molecule has 0 saturated carbocycles. The summed E-state index contributed by atoms with van der Waals surface area (Å²) in [5.41, 5.74) is 7.93. The molecule has 3 N–H and O–H groups in total. The molecule has 2 aliphatic heterocycles. The SMILES string of the molecule is C[C@H](CCN)N1CCC(Nc2ccc(C3(C)OCCO3)cc2)CC1. The molecule has 0 aromatic heterocycles. The highest BCUT2D eigenvalue weighted by Crippen LogP contribution is 2.31. The number of hydrogen-bond donors (Lipinski definition) is 2. The minimum absolute atomic E-state index is 0.548. The van der Waals surface area contributed by atoms with Crippen LogP contribution in [0.4, 0.5) is 5.69 Å². The third kappa shape index (κ3) is 4.09. The molecule has 0 unspecified atom stereocenters. The van der Waals surface area contributed by atoms with Gasteiger partial charge < -0.3 is 25.4 Å². The van der Waals surface area contributed by atoms with Gasteiger partial charge in [-0.05, 0) is 51.8 Å². The van der Waals surface area contributed by atoms with Gasteiger partial charge in [0.15, 0.2) is 5.79 Å². The van der Waals surface area contributed by atoms with Gasteiger partial charge in [-0.25, -0.2) is 0 Å². The van der Waals surface area contributed by atoms with Crippen LogP contribution in [0.15, 0.2) is 24.3 Å². The van der Waals surface area contributed by atoms with E-state index < -0.39 is 5.79 Å². The van der Waals surface area contributed by atoms with E-state index in [0.717, 1.165) is 31.6 Å². The Hall–Kier alpha value is -1.14. The molecule has 1 atom stereocenters. The molecule has 0 spiro atoms. The number of likely N-dealkylation sites (tertiary alicyclic amines) is 1. The standard InChI is InChI=1S/C19H31N3O2/c1-15(7-10-20)22-11-8-18(9-12-22)21-17-5-3-16(4-6-17)19(2)23-13-14-24-19/h3-6,15,18,21H,7-14,20H2,1-2H3/t15-/m1/s1. The predicted octanol–water partition coefficient (Wildman–Crippen LogP) is 2.52. The van der Waals surface area contributed by atoms with Crippen molar-refractivity contribution in [1.29, 1.82) is 0 Å². The van der Waals surface area contributed by atoms with Crippen LogP contribution in [-0.4, -0.2) is 49.8 Å². The molecule has 5 nitrogen and oxygen atoms in total. The Morgan fingerprint density at radius 2 is 1.83 bits per heavy atom. The summed E-state index contributed by atoms with van der Waals surface area (Å²) in [4.78, 5) is 2.56. The Labute approximate surface area is 145 Å². The van der Waals surface area contributed by atoms with Crippen LogP contribution in [0.3, 0.4) is 0 Å². The summed E-state index contributed by atoms with van der Waals surface area (Å²) in [6.45, 7) is 8.68. The second kappa shape index (κ2) is 7.83. The number of piperidine rings is 1. The molecule has 2 fully saturated rings. The average Bonchev–Trinajstić information content (AvgIpc) is 3.04. The van der Waals surface area contributed by atoms with E-state index in [9.17, 15) is 0 Å². The summed E-state index contributed by atoms with van der Waals surface area (Å²) < 4.78 is 11.4. The van der Waals surface area contributed by atoms with Crippen LogP contribution in [0.1, 0.15) is 38.7 Å². The van der Waals surface area contributed by atoms with Gasteiger partial charge in [-0.15, -0.1) is 0 Å². The maximum atomic E-state index is 5.71. The summed E-state index contributed by atoms with van der Waals surface area (Å²) in [6, 6.07) is 9.62. The Kier molecular flexibility index (Phi) is 5.76. The summed E-state index contributed by atoms with van der Waals surface area (Å²) in [6.07, 6.45) is 3.45. The molecule has 1 aromatic rings. The second-order valence-electron chi connectivity index (χ2n) is 7.10. The summed E-state index contributed by atoms with van der Waals surface area (Å²) >= 11 is 0. The number of benzene rings is 1. The van der Waals surface area contributed by atoms with Crippen molar-refractivity contribution in [3.63, 3.8) is 0 Å². The molecule has 134 valence electrons. The van der Waals surface area contributed by atoms with Crippen LogP contribution in [0.2, 0.25) is 0 Å². The first kappa shape index (κ1) is 17.7. The van der Waals surface area contributed by atoms with E-state index in [-0.39, 0.29) is 0 Å². The van der Waals surface area contributed by atoms with Crippen molar-refractivity contribution < 1.29 is 9.47 Å². The van der Waals surface area contributed by atoms with E-state index in [2.05, 4.69) is 41.4 Å². The molecule has 24 heavy (non-hydrogen) atoms. The van der Waals surface area contributed by atoms with Crippen LogP contribution in [-0.2, 0) is 15.3 Å². The van der Waals surface area contributed by atoms with Gasteiger partial charge in [0.25, 0.3) is 0 Å². The molecule has 2 saturated heterocycles. The second-order valence-corrected chi connectivity index (χ2v) is 7.10. The number of hydrogen-bond acceptors (Lipinski definition) is 5. The number of nitrogens with two attached hydrogens (primary N) is 1. The molecule has 3 rings (SSSR count). The van der Waals surface area contributed by atoms with Gasteiger partial charge in [0.1, 0.15) is 0 Å². The summed E-state index contributed by atoms with van der Waals surface area (Å²) in [5, 5.41) is 3.67. The Morgan fingerprint density at radius 3 is 2.42 bits per heavy atom. The fraction of sp³-hybridized carbons (Fsp3) is 0.684. The minimum atomic E-state index is -0.580. The summed E-state index contributed by atoms with van der Waals surface area (Å²) in [5.74, 6) is -0.580. The van der Waals surface area contributed by atoms with Crippen LogP contribution in [0.25, 0.3) is 0 Å². The lowest BCUT2D eigenvalue weighted by Crippen LogP contribution is -2.44. The highest BCUT2D eigenvalue weighted by Gasteiger charge is 2.33. The van der Waals surface area contributed by atoms with Gasteiger partial charge >= 0.3 is 0 Å². The molecule has 0 bridgehead atoms. The normalized spacial score (nSPS) is 23.3. The molecule has 1 aromatic carbocycles. The zero-order valence-corrected chi connectivity index (χ0v) is 15.0. The van der Waals surface area contributed by atoms with Gasteiger partial charge in [-0.3, -0.25) is 0 Å². The molecule has 2 aliphatic rings. The average molecular weight is 333 g/mol. The molecular formula is C19H31N3O2.